The number of hydrogen-bond donors (Lipinski definition) is 0. The second-order valence-corrected chi connectivity index (χ2v) is 7.07. The molecule has 6 nitrogen and oxygen atoms in total. The summed E-state index contributed by atoms with van der Waals surface area (Å²) in [6, 6.07) is 12.9. The molecular weight excluding hydrogens is 342 g/mol. The minimum absolute atomic E-state index is 0.105. The van der Waals surface area contributed by atoms with Crippen molar-refractivity contribution in [2.75, 3.05) is 13.7 Å². The van der Waals surface area contributed by atoms with E-state index in [1.54, 1.807) is 36.4 Å². The Hall–Kier alpha value is -2.80. The third-order valence-electron chi connectivity index (χ3n) is 3.77. The SMILES string of the molecule is CCOc1ccc(S(=O)(=O)n2cc(C(=O)OC)c3ccccc32)cc1. The molecule has 3 aromatic rings. The molecule has 7 heteroatoms. The van der Waals surface area contributed by atoms with Crippen molar-refractivity contribution < 1.29 is 22.7 Å². The highest BCUT2D eigenvalue weighted by Crippen LogP contribution is 2.27. The predicted molar refractivity (Wildman–Crippen MR) is 93.5 cm³/mol. The van der Waals surface area contributed by atoms with E-state index in [0.717, 1.165) is 3.97 Å². The van der Waals surface area contributed by atoms with Gasteiger partial charge in [0, 0.05) is 11.6 Å². The topological polar surface area (TPSA) is 74.6 Å². The number of hydrogen-bond acceptors (Lipinski definition) is 5. The molecule has 130 valence electrons. The number of nitrogens with zero attached hydrogens (tertiary/aromatic N) is 1. The first-order valence-electron chi connectivity index (χ1n) is 7.66. The second kappa shape index (κ2) is 6.60. The van der Waals surface area contributed by atoms with Gasteiger partial charge in [0.2, 0.25) is 0 Å². The molecule has 0 bridgehead atoms. The van der Waals surface area contributed by atoms with E-state index >= 15 is 0 Å². The minimum atomic E-state index is -3.86. The molecule has 25 heavy (non-hydrogen) atoms. The van der Waals surface area contributed by atoms with Gasteiger partial charge in [-0.2, -0.15) is 0 Å². The van der Waals surface area contributed by atoms with Gasteiger partial charge in [-0.3, -0.25) is 0 Å². The Kier molecular flexibility index (Phi) is 4.50. The van der Waals surface area contributed by atoms with Gasteiger partial charge in [0.05, 0.1) is 29.7 Å². The van der Waals surface area contributed by atoms with Crippen LogP contribution in [0.25, 0.3) is 10.9 Å². The lowest BCUT2D eigenvalue weighted by molar-refractivity contribution is 0.0603. The summed E-state index contributed by atoms with van der Waals surface area (Å²) in [4.78, 5) is 12.1. The van der Waals surface area contributed by atoms with E-state index in [1.807, 2.05) is 6.92 Å². The van der Waals surface area contributed by atoms with Crippen molar-refractivity contribution in [1.29, 1.82) is 0 Å². The Morgan fingerprint density at radius 1 is 1.08 bits per heavy atom. The van der Waals surface area contributed by atoms with Crippen LogP contribution in [0, 0.1) is 0 Å². The number of aromatic nitrogens is 1. The summed E-state index contributed by atoms with van der Waals surface area (Å²) in [5, 5.41) is 0.517. The Morgan fingerprint density at radius 3 is 2.40 bits per heavy atom. The molecule has 0 aliphatic heterocycles. The summed E-state index contributed by atoms with van der Waals surface area (Å²) in [6.45, 7) is 2.35. The summed E-state index contributed by atoms with van der Waals surface area (Å²) in [7, 11) is -2.61. The maximum Gasteiger partial charge on any atom is 0.340 e. The number of esters is 1. The standard InChI is InChI=1S/C18H17NO5S/c1-3-24-13-8-10-14(11-9-13)25(21,22)19-12-16(18(20)23-2)15-6-4-5-7-17(15)19/h4-12H,3H2,1-2H3. The molecule has 0 aliphatic carbocycles. The van der Waals surface area contributed by atoms with Gasteiger partial charge < -0.3 is 9.47 Å². The number of fused-ring (bicyclic) bond motifs is 1. The molecule has 0 spiro atoms. The van der Waals surface area contributed by atoms with Crippen LogP contribution in [0.4, 0.5) is 0 Å². The van der Waals surface area contributed by atoms with Crippen LogP contribution < -0.4 is 4.74 Å². The Morgan fingerprint density at radius 2 is 1.76 bits per heavy atom. The highest BCUT2D eigenvalue weighted by molar-refractivity contribution is 7.90. The molecule has 0 unspecified atom stereocenters. The predicted octanol–water partition coefficient (Wildman–Crippen LogP) is 3.06. The lowest BCUT2D eigenvalue weighted by atomic mass is 10.2. The summed E-state index contributed by atoms with van der Waals surface area (Å²) >= 11 is 0. The first-order valence-corrected chi connectivity index (χ1v) is 9.10. The van der Waals surface area contributed by atoms with Gasteiger partial charge in [0.25, 0.3) is 10.0 Å². The summed E-state index contributed by atoms with van der Waals surface area (Å²) in [5.74, 6) is 0.00547. The summed E-state index contributed by atoms with van der Waals surface area (Å²) < 4.78 is 37.2. The van der Waals surface area contributed by atoms with Crippen LogP contribution in [-0.4, -0.2) is 32.1 Å². The maximum absolute atomic E-state index is 13.0. The van der Waals surface area contributed by atoms with Crippen LogP contribution in [0.15, 0.2) is 59.6 Å². The van der Waals surface area contributed by atoms with Crippen LogP contribution in [0.2, 0.25) is 0 Å². The molecule has 0 atom stereocenters. The molecule has 0 aliphatic rings. The molecule has 0 fully saturated rings. The Labute approximate surface area is 145 Å². The van der Waals surface area contributed by atoms with Crippen molar-refractivity contribution in [3.05, 3.63) is 60.3 Å². The Balaban J connectivity index is 2.16. The van der Waals surface area contributed by atoms with Crippen LogP contribution in [0.1, 0.15) is 17.3 Å². The lowest BCUT2D eigenvalue weighted by Gasteiger charge is -2.08. The highest BCUT2D eigenvalue weighted by atomic mass is 32.2. The molecule has 0 saturated carbocycles. The largest absolute Gasteiger partial charge is 0.494 e. The number of methoxy groups -OCH3 is 1. The maximum atomic E-state index is 13.0. The lowest BCUT2D eigenvalue weighted by Crippen LogP contribution is -2.12. The number of carbonyl (C=O) groups is 1. The van der Waals surface area contributed by atoms with Crippen molar-refractivity contribution in [3.63, 3.8) is 0 Å². The minimum Gasteiger partial charge on any atom is -0.494 e. The van der Waals surface area contributed by atoms with Gasteiger partial charge >= 0.3 is 5.97 Å². The van der Waals surface area contributed by atoms with Crippen molar-refractivity contribution in [3.8, 4) is 5.75 Å². The number of rotatable bonds is 5. The van der Waals surface area contributed by atoms with Gasteiger partial charge in [-0.05, 0) is 37.3 Å². The average Bonchev–Trinajstić information content (AvgIpc) is 3.02. The fraction of sp³-hybridized carbons (Fsp3) is 0.167. The molecular formula is C18H17NO5S. The molecule has 0 amide bonds. The highest BCUT2D eigenvalue weighted by Gasteiger charge is 2.23. The van der Waals surface area contributed by atoms with Crippen molar-refractivity contribution in [2.24, 2.45) is 0 Å². The fourth-order valence-corrected chi connectivity index (χ4v) is 3.98. The second-order valence-electron chi connectivity index (χ2n) is 5.26. The number of ether oxygens (including phenoxy) is 2. The van der Waals surface area contributed by atoms with Crippen molar-refractivity contribution in [2.45, 2.75) is 11.8 Å². The Bertz CT molecular complexity index is 1020. The van der Waals surface area contributed by atoms with E-state index in [1.165, 1.54) is 25.4 Å². The van der Waals surface area contributed by atoms with Gasteiger partial charge in [-0.15, -0.1) is 0 Å². The van der Waals surface area contributed by atoms with E-state index in [4.69, 9.17) is 9.47 Å². The van der Waals surface area contributed by atoms with E-state index < -0.39 is 16.0 Å². The van der Waals surface area contributed by atoms with Gasteiger partial charge in [0.15, 0.2) is 0 Å². The summed E-state index contributed by atoms with van der Waals surface area (Å²) in [6.07, 6.45) is 1.29. The fourth-order valence-electron chi connectivity index (χ4n) is 2.61. The molecule has 0 N–H and O–H groups in total. The first-order chi connectivity index (χ1) is 12.0. The molecule has 3 rings (SSSR count). The van der Waals surface area contributed by atoms with E-state index in [-0.39, 0.29) is 10.5 Å². The third kappa shape index (κ3) is 2.98. The first kappa shape index (κ1) is 17.0. The van der Waals surface area contributed by atoms with Crippen molar-refractivity contribution >= 4 is 26.9 Å². The quantitative estimate of drug-likeness (QED) is 0.655. The van der Waals surface area contributed by atoms with Crippen LogP contribution >= 0.6 is 0 Å². The summed E-state index contributed by atoms with van der Waals surface area (Å²) in [5.41, 5.74) is 0.615. The molecule has 2 aromatic carbocycles. The zero-order valence-corrected chi connectivity index (χ0v) is 14.6. The normalized spacial score (nSPS) is 11.4. The molecule has 1 heterocycles. The average molecular weight is 359 g/mol. The molecule has 1 aromatic heterocycles. The van der Waals surface area contributed by atoms with Crippen LogP contribution in [0.3, 0.4) is 0 Å². The smallest absolute Gasteiger partial charge is 0.340 e. The zero-order valence-electron chi connectivity index (χ0n) is 13.8. The molecule has 0 radical (unpaired) electrons. The van der Waals surface area contributed by atoms with Gasteiger partial charge in [-0.1, -0.05) is 18.2 Å². The number of carbonyl (C=O) groups excluding carboxylic acids is 1. The van der Waals surface area contributed by atoms with Crippen molar-refractivity contribution in [1.82, 2.24) is 3.97 Å². The van der Waals surface area contributed by atoms with Gasteiger partial charge in [0.1, 0.15) is 5.75 Å². The monoisotopic (exact) mass is 359 g/mol. The van der Waals surface area contributed by atoms with E-state index in [0.29, 0.717) is 23.3 Å². The zero-order chi connectivity index (χ0) is 18.0. The molecule has 0 saturated heterocycles. The van der Waals surface area contributed by atoms with Crippen LogP contribution in [-0.2, 0) is 14.8 Å². The van der Waals surface area contributed by atoms with E-state index in [9.17, 15) is 13.2 Å². The number of benzene rings is 2. The third-order valence-corrected chi connectivity index (χ3v) is 5.46. The van der Waals surface area contributed by atoms with Gasteiger partial charge in [-0.25, -0.2) is 17.2 Å². The van der Waals surface area contributed by atoms with Crippen LogP contribution in [0.5, 0.6) is 5.75 Å². The number of para-hydroxylation sites is 1. The van der Waals surface area contributed by atoms with E-state index in [2.05, 4.69) is 0 Å².